The zero-order chi connectivity index (χ0) is 22.2. The molecule has 0 spiro atoms. The van der Waals surface area contributed by atoms with Crippen LogP contribution in [0.1, 0.15) is 18.1 Å². The van der Waals surface area contributed by atoms with Gasteiger partial charge in [0.2, 0.25) is 0 Å². The second kappa shape index (κ2) is 10.8. The summed E-state index contributed by atoms with van der Waals surface area (Å²) >= 11 is 3.55. The average Bonchev–Trinajstić information content (AvgIpc) is 2.75. The van der Waals surface area contributed by atoms with E-state index in [-0.39, 0.29) is 18.3 Å². The molecule has 3 rings (SSSR count). The summed E-state index contributed by atoms with van der Waals surface area (Å²) in [5.74, 6) is 0.478. The molecular formula is C24H24BrFN2O3. The van der Waals surface area contributed by atoms with Crippen LogP contribution in [0, 0.1) is 12.7 Å². The maximum Gasteiger partial charge on any atom is 0.262 e. The lowest BCUT2D eigenvalue weighted by Gasteiger charge is -2.16. The van der Waals surface area contributed by atoms with Crippen LogP contribution in [-0.4, -0.2) is 19.1 Å². The van der Waals surface area contributed by atoms with Gasteiger partial charge in [-0.25, -0.2) is 4.39 Å². The molecule has 0 bridgehead atoms. The van der Waals surface area contributed by atoms with Gasteiger partial charge in [0.25, 0.3) is 5.91 Å². The van der Waals surface area contributed by atoms with Crippen molar-refractivity contribution in [2.75, 3.05) is 23.8 Å². The Kier molecular flexibility index (Phi) is 7.89. The SMILES string of the molecule is CCOc1cc(CNc2ccc(F)cc2)c(Br)cc1OCC(=O)Nc1ccc(C)cc1. The van der Waals surface area contributed by atoms with Crippen molar-refractivity contribution in [2.45, 2.75) is 20.4 Å². The average molecular weight is 487 g/mol. The molecule has 0 atom stereocenters. The van der Waals surface area contributed by atoms with Gasteiger partial charge in [-0.15, -0.1) is 0 Å². The van der Waals surface area contributed by atoms with Crippen molar-refractivity contribution in [3.8, 4) is 11.5 Å². The van der Waals surface area contributed by atoms with Crippen molar-refractivity contribution in [2.24, 2.45) is 0 Å². The number of hydrogen-bond donors (Lipinski definition) is 2. The molecule has 0 heterocycles. The van der Waals surface area contributed by atoms with E-state index in [2.05, 4.69) is 26.6 Å². The first-order valence-corrected chi connectivity index (χ1v) is 10.7. The van der Waals surface area contributed by atoms with Gasteiger partial charge in [-0.05, 0) is 67.9 Å². The van der Waals surface area contributed by atoms with Crippen molar-refractivity contribution in [1.29, 1.82) is 0 Å². The van der Waals surface area contributed by atoms with Gasteiger partial charge in [-0.1, -0.05) is 33.6 Å². The Bertz CT molecular complexity index is 1020. The van der Waals surface area contributed by atoms with E-state index in [9.17, 15) is 9.18 Å². The lowest BCUT2D eigenvalue weighted by Crippen LogP contribution is -2.20. The monoisotopic (exact) mass is 486 g/mol. The summed E-state index contributed by atoms with van der Waals surface area (Å²) in [6, 6.07) is 17.4. The fraction of sp³-hybridized carbons (Fsp3) is 0.208. The van der Waals surface area contributed by atoms with Crippen LogP contribution in [0.2, 0.25) is 0 Å². The summed E-state index contributed by atoms with van der Waals surface area (Å²) in [6.07, 6.45) is 0. The van der Waals surface area contributed by atoms with Crippen LogP contribution >= 0.6 is 15.9 Å². The minimum absolute atomic E-state index is 0.145. The van der Waals surface area contributed by atoms with Gasteiger partial charge in [0.1, 0.15) is 5.82 Å². The van der Waals surface area contributed by atoms with Crippen LogP contribution in [-0.2, 0) is 11.3 Å². The first-order valence-electron chi connectivity index (χ1n) is 9.88. The number of nitrogens with one attached hydrogen (secondary N) is 2. The highest BCUT2D eigenvalue weighted by atomic mass is 79.9. The molecule has 0 aliphatic carbocycles. The molecule has 0 aliphatic rings. The third-order valence-corrected chi connectivity index (χ3v) is 5.17. The molecule has 0 saturated carbocycles. The maximum atomic E-state index is 13.1. The molecule has 1 amide bonds. The van der Waals surface area contributed by atoms with E-state index in [1.807, 2.05) is 44.2 Å². The quantitative estimate of drug-likeness (QED) is 0.393. The minimum atomic E-state index is -0.279. The van der Waals surface area contributed by atoms with Crippen LogP contribution in [0.3, 0.4) is 0 Å². The van der Waals surface area contributed by atoms with E-state index in [0.29, 0.717) is 30.3 Å². The predicted octanol–water partition coefficient (Wildman–Crippen LogP) is 5.92. The highest BCUT2D eigenvalue weighted by molar-refractivity contribution is 9.10. The largest absolute Gasteiger partial charge is 0.490 e. The number of aryl methyl sites for hydroxylation is 1. The second-order valence-electron chi connectivity index (χ2n) is 6.89. The van der Waals surface area contributed by atoms with Gasteiger partial charge in [0, 0.05) is 22.4 Å². The minimum Gasteiger partial charge on any atom is -0.490 e. The van der Waals surface area contributed by atoms with Crippen molar-refractivity contribution in [1.82, 2.24) is 0 Å². The lowest BCUT2D eigenvalue weighted by atomic mass is 10.2. The summed E-state index contributed by atoms with van der Waals surface area (Å²) in [5.41, 5.74) is 3.57. The molecular weight excluding hydrogens is 463 g/mol. The molecule has 3 aromatic rings. The van der Waals surface area contributed by atoms with E-state index < -0.39 is 0 Å². The molecule has 0 unspecified atom stereocenters. The number of anilines is 2. The third-order valence-electron chi connectivity index (χ3n) is 4.43. The number of halogens is 2. The summed E-state index contributed by atoms with van der Waals surface area (Å²) in [6.45, 7) is 4.68. The van der Waals surface area contributed by atoms with Crippen LogP contribution < -0.4 is 20.1 Å². The Labute approximate surface area is 189 Å². The molecule has 31 heavy (non-hydrogen) atoms. The predicted molar refractivity (Wildman–Crippen MR) is 124 cm³/mol. The highest BCUT2D eigenvalue weighted by Gasteiger charge is 2.13. The number of carbonyl (C=O) groups is 1. The number of rotatable bonds is 9. The van der Waals surface area contributed by atoms with Gasteiger partial charge in [-0.3, -0.25) is 4.79 Å². The molecule has 0 fully saturated rings. The Balaban J connectivity index is 1.65. The number of ether oxygens (including phenoxy) is 2. The first kappa shape index (κ1) is 22.6. The van der Waals surface area contributed by atoms with Gasteiger partial charge >= 0.3 is 0 Å². The van der Waals surface area contributed by atoms with Crippen LogP contribution in [0.15, 0.2) is 65.1 Å². The normalized spacial score (nSPS) is 10.5. The fourth-order valence-corrected chi connectivity index (χ4v) is 3.30. The summed E-state index contributed by atoms with van der Waals surface area (Å²) in [5, 5.41) is 6.05. The van der Waals surface area contributed by atoms with Gasteiger partial charge in [0.05, 0.1) is 6.61 Å². The van der Waals surface area contributed by atoms with E-state index >= 15 is 0 Å². The molecule has 7 heteroatoms. The van der Waals surface area contributed by atoms with Crippen LogP contribution in [0.4, 0.5) is 15.8 Å². The molecule has 0 aliphatic heterocycles. The Hall–Kier alpha value is -3.06. The number of carbonyl (C=O) groups excluding carboxylic acids is 1. The zero-order valence-electron chi connectivity index (χ0n) is 17.4. The topological polar surface area (TPSA) is 59.6 Å². The third kappa shape index (κ3) is 6.72. The Morgan fingerprint density at radius 3 is 2.29 bits per heavy atom. The number of amides is 1. The van der Waals surface area contributed by atoms with E-state index in [4.69, 9.17) is 9.47 Å². The number of benzene rings is 3. The Morgan fingerprint density at radius 2 is 1.61 bits per heavy atom. The van der Waals surface area contributed by atoms with Gasteiger partial charge in [0.15, 0.2) is 18.1 Å². The molecule has 162 valence electrons. The fourth-order valence-electron chi connectivity index (χ4n) is 2.84. The molecule has 0 saturated heterocycles. The Morgan fingerprint density at radius 1 is 0.968 bits per heavy atom. The number of hydrogen-bond acceptors (Lipinski definition) is 4. The lowest BCUT2D eigenvalue weighted by molar-refractivity contribution is -0.118. The summed E-state index contributed by atoms with van der Waals surface area (Å²) in [4.78, 5) is 12.2. The van der Waals surface area contributed by atoms with Crippen molar-refractivity contribution in [3.63, 3.8) is 0 Å². The zero-order valence-corrected chi connectivity index (χ0v) is 19.0. The molecule has 3 aromatic carbocycles. The first-order chi connectivity index (χ1) is 14.9. The molecule has 5 nitrogen and oxygen atoms in total. The maximum absolute atomic E-state index is 13.1. The summed E-state index contributed by atoms with van der Waals surface area (Å²) in [7, 11) is 0. The van der Waals surface area contributed by atoms with E-state index in [1.165, 1.54) is 12.1 Å². The smallest absolute Gasteiger partial charge is 0.262 e. The highest BCUT2D eigenvalue weighted by Crippen LogP contribution is 2.34. The van der Waals surface area contributed by atoms with Gasteiger partial charge < -0.3 is 20.1 Å². The van der Waals surface area contributed by atoms with Gasteiger partial charge in [-0.2, -0.15) is 0 Å². The molecule has 0 aromatic heterocycles. The second-order valence-corrected chi connectivity index (χ2v) is 7.74. The van der Waals surface area contributed by atoms with Crippen molar-refractivity contribution < 1.29 is 18.7 Å². The van der Waals surface area contributed by atoms with E-state index in [0.717, 1.165) is 21.3 Å². The summed E-state index contributed by atoms with van der Waals surface area (Å²) < 4.78 is 25.3. The van der Waals surface area contributed by atoms with E-state index in [1.54, 1.807) is 18.2 Å². The molecule has 2 N–H and O–H groups in total. The van der Waals surface area contributed by atoms with Crippen molar-refractivity contribution >= 4 is 33.2 Å². The van der Waals surface area contributed by atoms with Crippen LogP contribution in [0.25, 0.3) is 0 Å². The van der Waals surface area contributed by atoms with Crippen molar-refractivity contribution in [3.05, 3.63) is 82.1 Å². The van der Waals surface area contributed by atoms with Crippen LogP contribution in [0.5, 0.6) is 11.5 Å². The standard InChI is InChI=1S/C24H24BrFN2O3/c1-3-30-22-12-17(14-27-19-10-6-18(26)7-11-19)21(25)13-23(22)31-15-24(29)28-20-8-4-16(2)5-9-20/h4-13,27H,3,14-15H2,1-2H3,(H,28,29). The molecule has 0 radical (unpaired) electrons.